The van der Waals surface area contributed by atoms with E-state index in [1.807, 2.05) is 0 Å². The van der Waals surface area contributed by atoms with E-state index in [0.29, 0.717) is 0 Å². The molecular weight excluding hydrogens is 273 g/mol. The first-order valence-corrected chi connectivity index (χ1v) is 5.99. The first-order chi connectivity index (χ1) is 9.30. The van der Waals surface area contributed by atoms with E-state index in [-0.39, 0.29) is 12.0 Å². The molecule has 20 heavy (non-hydrogen) atoms. The van der Waals surface area contributed by atoms with Gasteiger partial charge in [-0.3, -0.25) is 19.8 Å². The van der Waals surface area contributed by atoms with Crippen LogP contribution in [0.4, 0.5) is 13.2 Å². The minimum Gasteiger partial charge on any atom is -0.291 e. The molecule has 0 spiro atoms. The van der Waals surface area contributed by atoms with E-state index in [2.05, 4.69) is 5.32 Å². The van der Waals surface area contributed by atoms with Gasteiger partial charge < -0.3 is 0 Å². The second kappa shape index (κ2) is 5.24. The standard InChI is InChI=1S/C13H13F3N2O2/c1-18-10(19)7-9(12(18)20)17-11(13(14,15)16)8-5-3-2-4-6-8/h2-6,9,11,17H,7H2,1H3. The molecule has 1 saturated heterocycles. The van der Waals surface area contributed by atoms with E-state index in [9.17, 15) is 22.8 Å². The van der Waals surface area contributed by atoms with E-state index >= 15 is 0 Å². The number of likely N-dealkylation sites (N-methyl/N-ethyl adjacent to an activating group) is 1. The van der Waals surface area contributed by atoms with Crippen LogP contribution in [0.2, 0.25) is 0 Å². The van der Waals surface area contributed by atoms with Crippen LogP contribution in [0, 0.1) is 0 Å². The lowest BCUT2D eigenvalue weighted by atomic mass is 10.0. The Bertz CT molecular complexity index is 516. The monoisotopic (exact) mass is 286 g/mol. The van der Waals surface area contributed by atoms with Crippen molar-refractivity contribution < 1.29 is 22.8 Å². The van der Waals surface area contributed by atoms with Gasteiger partial charge in [0.15, 0.2) is 0 Å². The fourth-order valence-corrected chi connectivity index (χ4v) is 2.11. The van der Waals surface area contributed by atoms with Crippen molar-refractivity contribution in [1.29, 1.82) is 0 Å². The van der Waals surface area contributed by atoms with Crippen molar-refractivity contribution in [2.24, 2.45) is 0 Å². The van der Waals surface area contributed by atoms with Crippen LogP contribution in [-0.4, -0.2) is 36.0 Å². The third kappa shape index (κ3) is 2.82. The van der Waals surface area contributed by atoms with E-state index in [1.165, 1.54) is 31.3 Å². The molecule has 1 aliphatic rings. The number of likely N-dealkylation sites (tertiary alicyclic amines) is 1. The number of nitrogens with zero attached hydrogens (tertiary/aromatic N) is 1. The molecular formula is C13H13F3N2O2. The molecule has 1 aliphatic heterocycles. The first-order valence-electron chi connectivity index (χ1n) is 5.99. The summed E-state index contributed by atoms with van der Waals surface area (Å²) in [5.41, 5.74) is 0.00908. The lowest BCUT2D eigenvalue weighted by Crippen LogP contribution is -2.44. The molecule has 1 fully saturated rings. The van der Waals surface area contributed by atoms with Crippen LogP contribution in [0.1, 0.15) is 18.0 Å². The van der Waals surface area contributed by atoms with Crippen LogP contribution in [-0.2, 0) is 9.59 Å². The topological polar surface area (TPSA) is 49.4 Å². The number of hydrogen-bond donors (Lipinski definition) is 1. The average molecular weight is 286 g/mol. The second-order valence-electron chi connectivity index (χ2n) is 4.60. The lowest BCUT2D eigenvalue weighted by molar-refractivity contribution is -0.160. The molecule has 0 saturated carbocycles. The Morgan fingerprint density at radius 3 is 2.30 bits per heavy atom. The predicted octanol–water partition coefficient (Wildman–Crippen LogP) is 1.64. The maximum absolute atomic E-state index is 13.1. The molecule has 4 nitrogen and oxygen atoms in total. The molecule has 0 bridgehead atoms. The van der Waals surface area contributed by atoms with E-state index < -0.39 is 30.1 Å². The molecule has 7 heteroatoms. The van der Waals surface area contributed by atoms with E-state index in [4.69, 9.17) is 0 Å². The van der Waals surface area contributed by atoms with Gasteiger partial charge in [0.05, 0.1) is 12.5 Å². The molecule has 0 aliphatic carbocycles. The van der Waals surface area contributed by atoms with Gasteiger partial charge in [-0.25, -0.2) is 0 Å². The minimum atomic E-state index is -4.55. The molecule has 1 aromatic carbocycles. The third-order valence-corrected chi connectivity index (χ3v) is 3.21. The largest absolute Gasteiger partial charge is 0.407 e. The second-order valence-corrected chi connectivity index (χ2v) is 4.60. The maximum Gasteiger partial charge on any atom is 0.407 e. The molecule has 2 atom stereocenters. The zero-order valence-electron chi connectivity index (χ0n) is 10.6. The normalized spacial score (nSPS) is 21.4. The molecule has 0 radical (unpaired) electrons. The molecule has 1 aromatic rings. The quantitative estimate of drug-likeness (QED) is 0.859. The van der Waals surface area contributed by atoms with E-state index in [0.717, 1.165) is 4.90 Å². The maximum atomic E-state index is 13.1. The number of alkyl halides is 3. The number of amides is 2. The minimum absolute atomic E-state index is 0.00908. The summed E-state index contributed by atoms with van der Waals surface area (Å²) in [6, 6.07) is 4.13. The number of hydrogen-bond acceptors (Lipinski definition) is 3. The van der Waals surface area contributed by atoms with Crippen LogP contribution in [0.5, 0.6) is 0 Å². The van der Waals surface area contributed by atoms with Crippen LogP contribution in [0.15, 0.2) is 30.3 Å². The summed E-state index contributed by atoms with van der Waals surface area (Å²) in [5, 5.41) is 2.25. The fourth-order valence-electron chi connectivity index (χ4n) is 2.11. The number of rotatable bonds is 3. The van der Waals surface area contributed by atoms with Crippen molar-refractivity contribution in [3.8, 4) is 0 Å². The zero-order chi connectivity index (χ0) is 14.9. The molecule has 0 aromatic heterocycles. The Morgan fingerprint density at radius 2 is 1.85 bits per heavy atom. The Morgan fingerprint density at radius 1 is 1.25 bits per heavy atom. The Labute approximate surface area is 113 Å². The Hall–Kier alpha value is -1.89. The summed E-state index contributed by atoms with van der Waals surface area (Å²) in [7, 11) is 1.26. The number of carbonyl (C=O) groups excluding carboxylic acids is 2. The molecule has 1 N–H and O–H groups in total. The summed E-state index contributed by atoms with van der Waals surface area (Å²) < 4.78 is 39.3. The van der Waals surface area contributed by atoms with Crippen LogP contribution in [0.25, 0.3) is 0 Å². The van der Waals surface area contributed by atoms with Crippen molar-refractivity contribution >= 4 is 11.8 Å². The molecule has 2 unspecified atom stereocenters. The SMILES string of the molecule is CN1C(=O)CC(NC(c2ccccc2)C(F)(F)F)C1=O. The van der Waals surface area contributed by atoms with Crippen LogP contribution < -0.4 is 5.32 Å². The van der Waals surface area contributed by atoms with Crippen molar-refractivity contribution in [3.05, 3.63) is 35.9 Å². The van der Waals surface area contributed by atoms with Crippen LogP contribution >= 0.6 is 0 Å². The summed E-state index contributed by atoms with van der Waals surface area (Å²) in [6.07, 6.45) is -4.80. The van der Waals surface area contributed by atoms with Gasteiger partial charge in [-0.15, -0.1) is 0 Å². The first kappa shape index (κ1) is 14.5. The smallest absolute Gasteiger partial charge is 0.291 e. The molecule has 2 amide bonds. The fraction of sp³-hybridized carbons (Fsp3) is 0.385. The Kier molecular flexibility index (Phi) is 3.80. The van der Waals surface area contributed by atoms with Gasteiger partial charge in [-0.1, -0.05) is 30.3 Å². The highest BCUT2D eigenvalue weighted by molar-refractivity contribution is 6.05. The van der Waals surface area contributed by atoms with Gasteiger partial charge >= 0.3 is 6.18 Å². The van der Waals surface area contributed by atoms with Gasteiger partial charge in [0, 0.05) is 7.05 Å². The van der Waals surface area contributed by atoms with Crippen molar-refractivity contribution in [3.63, 3.8) is 0 Å². The summed E-state index contributed by atoms with van der Waals surface area (Å²) in [4.78, 5) is 23.9. The lowest BCUT2D eigenvalue weighted by Gasteiger charge is -2.24. The van der Waals surface area contributed by atoms with Crippen molar-refractivity contribution in [2.45, 2.75) is 24.7 Å². The van der Waals surface area contributed by atoms with Gasteiger partial charge in [0.2, 0.25) is 11.8 Å². The summed E-state index contributed by atoms with van der Waals surface area (Å²) in [6.45, 7) is 0. The molecule has 1 heterocycles. The highest BCUT2D eigenvalue weighted by atomic mass is 19.4. The highest BCUT2D eigenvalue weighted by Gasteiger charge is 2.45. The Balaban J connectivity index is 2.23. The van der Waals surface area contributed by atoms with Gasteiger partial charge in [-0.05, 0) is 5.56 Å². The number of halogens is 3. The number of benzene rings is 1. The number of imide groups is 1. The predicted molar refractivity (Wildman–Crippen MR) is 64.6 cm³/mol. The van der Waals surface area contributed by atoms with E-state index in [1.54, 1.807) is 6.07 Å². The third-order valence-electron chi connectivity index (χ3n) is 3.21. The van der Waals surface area contributed by atoms with Crippen LogP contribution in [0.3, 0.4) is 0 Å². The number of carbonyl (C=O) groups is 2. The molecule has 108 valence electrons. The summed E-state index contributed by atoms with van der Waals surface area (Å²) >= 11 is 0. The molecule has 2 rings (SSSR count). The summed E-state index contributed by atoms with van der Waals surface area (Å²) in [5.74, 6) is -1.12. The average Bonchev–Trinajstić information content (AvgIpc) is 2.63. The zero-order valence-corrected chi connectivity index (χ0v) is 10.6. The number of nitrogens with one attached hydrogen (secondary N) is 1. The van der Waals surface area contributed by atoms with Gasteiger partial charge in [0.1, 0.15) is 6.04 Å². The highest BCUT2D eigenvalue weighted by Crippen LogP contribution is 2.33. The van der Waals surface area contributed by atoms with Crippen molar-refractivity contribution in [2.75, 3.05) is 7.05 Å². The van der Waals surface area contributed by atoms with Gasteiger partial charge in [0.25, 0.3) is 0 Å². The van der Waals surface area contributed by atoms with Crippen molar-refractivity contribution in [1.82, 2.24) is 10.2 Å². The van der Waals surface area contributed by atoms with Gasteiger partial charge in [-0.2, -0.15) is 13.2 Å².